The Kier molecular flexibility index (Phi) is 5.04. The molecule has 0 aliphatic rings. The lowest BCUT2D eigenvalue weighted by Gasteiger charge is -2.11. The Hall–Kier alpha value is -0.480. The first-order chi connectivity index (χ1) is 6.74. The van der Waals surface area contributed by atoms with Gasteiger partial charge < -0.3 is 5.32 Å². The van der Waals surface area contributed by atoms with Crippen molar-refractivity contribution < 1.29 is 4.79 Å². The maximum absolute atomic E-state index is 11.6. The average Bonchev–Trinajstić information content (AvgIpc) is 2.67. The van der Waals surface area contributed by atoms with Crippen LogP contribution in [0.1, 0.15) is 23.5 Å². The molecule has 0 aliphatic carbocycles. The van der Waals surface area contributed by atoms with Crippen molar-refractivity contribution in [1.29, 1.82) is 0 Å². The predicted octanol–water partition coefficient (Wildman–Crippen LogP) is 2.62. The van der Waals surface area contributed by atoms with Crippen molar-refractivity contribution in [2.75, 3.05) is 11.5 Å². The molecule has 14 heavy (non-hydrogen) atoms. The molecule has 0 bridgehead atoms. The van der Waals surface area contributed by atoms with Crippen LogP contribution in [0.4, 0.5) is 0 Å². The first kappa shape index (κ1) is 11.6. The van der Waals surface area contributed by atoms with Gasteiger partial charge in [-0.1, -0.05) is 13.0 Å². The van der Waals surface area contributed by atoms with Crippen molar-refractivity contribution in [3.63, 3.8) is 0 Å². The van der Waals surface area contributed by atoms with Gasteiger partial charge in [-0.25, -0.2) is 0 Å². The fraction of sp³-hybridized carbons (Fsp3) is 0.500. The van der Waals surface area contributed by atoms with Gasteiger partial charge in [0.15, 0.2) is 0 Å². The molecule has 0 saturated heterocycles. The van der Waals surface area contributed by atoms with E-state index < -0.39 is 0 Å². The molecule has 0 radical (unpaired) electrons. The molecule has 1 rings (SSSR count). The summed E-state index contributed by atoms with van der Waals surface area (Å²) in [6.07, 6.45) is 0. The molecule has 1 atom stereocenters. The van der Waals surface area contributed by atoms with Gasteiger partial charge in [0.05, 0.1) is 4.88 Å². The van der Waals surface area contributed by atoms with E-state index >= 15 is 0 Å². The molecular weight excluding hydrogens is 214 g/mol. The number of amides is 1. The molecule has 1 aromatic heterocycles. The van der Waals surface area contributed by atoms with Crippen LogP contribution in [0.2, 0.25) is 0 Å². The summed E-state index contributed by atoms with van der Waals surface area (Å²) in [7, 11) is 0. The largest absolute Gasteiger partial charge is 0.348 e. The van der Waals surface area contributed by atoms with Gasteiger partial charge >= 0.3 is 0 Å². The zero-order valence-corrected chi connectivity index (χ0v) is 10.1. The first-order valence-electron chi connectivity index (χ1n) is 4.66. The number of carbonyl (C=O) groups is 1. The quantitative estimate of drug-likeness (QED) is 0.841. The van der Waals surface area contributed by atoms with E-state index in [4.69, 9.17) is 0 Å². The third kappa shape index (κ3) is 3.72. The highest BCUT2D eigenvalue weighted by atomic mass is 32.2. The van der Waals surface area contributed by atoms with Gasteiger partial charge in [0.25, 0.3) is 5.91 Å². The molecule has 4 heteroatoms. The number of thioether (sulfide) groups is 1. The molecule has 0 aliphatic heterocycles. The van der Waals surface area contributed by atoms with Crippen LogP contribution in [0.3, 0.4) is 0 Å². The van der Waals surface area contributed by atoms with Gasteiger partial charge in [-0.2, -0.15) is 11.8 Å². The van der Waals surface area contributed by atoms with Gasteiger partial charge in [0.1, 0.15) is 0 Å². The molecule has 1 amide bonds. The first-order valence-corrected chi connectivity index (χ1v) is 6.69. The van der Waals surface area contributed by atoms with Crippen molar-refractivity contribution >= 4 is 29.0 Å². The monoisotopic (exact) mass is 229 g/mol. The summed E-state index contributed by atoms with van der Waals surface area (Å²) in [5.41, 5.74) is 0. The molecule has 1 N–H and O–H groups in total. The summed E-state index contributed by atoms with van der Waals surface area (Å²) < 4.78 is 0. The summed E-state index contributed by atoms with van der Waals surface area (Å²) in [5.74, 6) is 2.12. The normalized spacial score (nSPS) is 12.4. The van der Waals surface area contributed by atoms with E-state index in [2.05, 4.69) is 12.2 Å². The topological polar surface area (TPSA) is 29.1 Å². The second kappa shape index (κ2) is 6.09. The SMILES string of the molecule is CCSCC(C)NC(=O)c1cccs1. The molecule has 1 heterocycles. The van der Waals surface area contributed by atoms with E-state index in [1.165, 1.54) is 11.3 Å². The molecule has 1 unspecified atom stereocenters. The van der Waals surface area contributed by atoms with Gasteiger partial charge in [0, 0.05) is 11.8 Å². The number of carbonyl (C=O) groups excluding carboxylic acids is 1. The van der Waals surface area contributed by atoms with Crippen LogP contribution in [0, 0.1) is 0 Å². The van der Waals surface area contributed by atoms with E-state index in [0.717, 1.165) is 16.4 Å². The molecule has 2 nitrogen and oxygen atoms in total. The lowest BCUT2D eigenvalue weighted by atomic mass is 10.3. The number of hydrogen-bond acceptors (Lipinski definition) is 3. The van der Waals surface area contributed by atoms with E-state index in [-0.39, 0.29) is 11.9 Å². The summed E-state index contributed by atoms with van der Waals surface area (Å²) in [6.45, 7) is 4.16. The second-order valence-electron chi connectivity index (χ2n) is 3.01. The molecule has 0 spiro atoms. The zero-order chi connectivity index (χ0) is 10.4. The Balaban J connectivity index is 2.34. The van der Waals surface area contributed by atoms with Crippen LogP contribution in [0.25, 0.3) is 0 Å². The maximum atomic E-state index is 11.6. The summed E-state index contributed by atoms with van der Waals surface area (Å²) >= 11 is 3.32. The molecule has 0 fully saturated rings. The number of nitrogens with one attached hydrogen (secondary N) is 1. The van der Waals surface area contributed by atoms with Crippen LogP contribution in [-0.4, -0.2) is 23.5 Å². The third-order valence-corrected chi connectivity index (χ3v) is 3.71. The number of hydrogen-bond donors (Lipinski definition) is 1. The van der Waals surface area contributed by atoms with Crippen molar-refractivity contribution in [3.05, 3.63) is 22.4 Å². The molecule has 0 saturated carbocycles. The summed E-state index contributed by atoms with van der Waals surface area (Å²) in [4.78, 5) is 12.4. The van der Waals surface area contributed by atoms with Gasteiger partial charge in [-0.3, -0.25) is 4.79 Å². The highest BCUT2D eigenvalue weighted by Crippen LogP contribution is 2.09. The van der Waals surface area contributed by atoms with E-state index in [0.29, 0.717) is 0 Å². The molecular formula is C10H15NOS2. The highest BCUT2D eigenvalue weighted by Gasteiger charge is 2.09. The van der Waals surface area contributed by atoms with Crippen LogP contribution in [0.15, 0.2) is 17.5 Å². The van der Waals surface area contributed by atoms with Gasteiger partial charge in [-0.05, 0) is 24.1 Å². The number of thiophene rings is 1. The van der Waals surface area contributed by atoms with Gasteiger partial charge in [-0.15, -0.1) is 11.3 Å². The molecule has 0 aromatic carbocycles. The molecule has 1 aromatic rings. The lowest BCUT2D eigenvalue weighted by molar-refractivity contribution is 0.0948. The minimum absolute atomic E-state index is 0.0456. The van der Waals surface area contributed by atoms with E-state index in [1.54, 1.807) is 0 Å². The fourth-order valence-electron chi connectivity index (χ4n) is 1.04. The Labute approximate surface area is 93.1 Å². The van der Waals surface area contributed by atoms with Crippen molar-refractivity contribution in [1.82, 2.24) is 5.32 Å². The predicted molar refractivity (Wildman–Crippen MR) is 64.2 cm³/mol. The zero-order valence-electron chi connectivity index (χ0n) is 8.45. The molecule has 78 valence electrons. The Bertz CT molecular complexity index is 272. The number of rotatable bonds is 5. The van der Waals surface area contributed by atoms with E-state index in [9.17, 15) is 4.79 Å². The van der Waals surface area contributed by atoms with Crippen LogP contribution >= 0.6 is 23.1 Å². The second-order valence-corrected chi connectivity index (χ2v) is 5.28. The highest BCUT2D eigenvalue weighted by molar-refractivity contribution is 7.99. The van der Waals surface area contributed by atoms with Crippen LogP contribution in [0.5, 0.6) is 0 Å². The Morgan fingerprint density at radius 1 is 1.71 bits per heavy atom. The van der Waals surface area contributed by atoms with E-state index in [1.807, 2.05) is 36.2 Å². The van der Waals surface area contributed by atoms with Crippen LogP contribution < -0.4 is 5.32 Å². The maximum Gasteiger partial charge on any atom is 0.261 e. The lowest BCUT2D eigenvalue weighted by Crippen LogP contribution is -2.33. The smallest absolute Gasteiger partial charge is 0.261 e. The average molecular weight is 229 g/mol. The van der Waals surface area contributed by atoms with Crippen molar-refractivity contribution in [2.45, 2.75) is 19.9 Å². The van der Waals surface area contributed by atoms with Crippen molar-refractivity contribution in [3.8, 4) is 0 Å². The summed E-state index contributed by atoms with van der Waals surface area (Å²) in [6, 6.07) is 3.99. The minimum atomic E-state index is 0.0456. The van der Waals surface area contributed by atoms with Gasteiger partial charge in [0.2, 0.25) is 0 Å². The summed E-state index contributed by atoms with van der Waals surface area (Å²) in [5, 5.41) is 4.88. The van der Waals surface area contributed by atoms with Crippen LogP contribution in [-0.2, 0) is 0 Å². The third-order valence-electron chi connectivity index (χ3n) is 1.69. The minimum Gasteiger partial charge on any atom is -0.348 e. The Morgan fingerprint density at radius 3 is 3.07 bits per heavy atom. The fourth-order valence-corrected chi connectivity index (χ4v) is 2.34. The standard InChI is InChI=1S/C10H15NOS2/c1-3-13-7-8(2)11-10(12)9-5-4-6-14-9/h4-6,8H,3,7H2,1-2H3,(H,11,12). The Morgan fingerprint density at radius 2 is 2.50 bits per heavy atom. The van der Waals surface area contributed by atoms with Crippen molar-refractivity contribution in [2.24, 2.45) is 0 Å².